The number of methoxy groups -OCH3 is 1. The van der Waals surface area contributed by atoms with Gasteiger partial charge in [0.05, 0.1) is 12.6 Å². The lowest BCUT2D eigenvalue weighted by Crippen LogP contribution is -2.48. The predicted octanol–water partition coefficient (Wildman–Crippen LogP) is -0.133. The van der Waals surface area contributed by atoms with Gasteiger partial charge in [-0.3, -0.25) is 5.43 Å². The van der Waals surface area contributed by atoms with Crippen molar-refractivity contribution >= 4 is 5.96 Å². The SMILES string of the molecule is COCC(C)N=C(NN)N(C)CC1CCCN1C. The van der Waals surface area contributed by atoms with Crippen LogP contribution in [0, 0.1) is 0 Å². The van der Waals surface area contributed by atoms with E-state index < -0.39 is 0 Å². The molecule has 1 rings (SSSR count). The number of rotatable bonds is 5. The quantitative estimate of drug-likeness (QED) is 0.311. The molecule has 1 aliphatic heterocycles. The first-order chi connectivity index (χ1) is 8.58. The van der Waals surface area contributed by atoms with Crippen molar-refractivity contribution in [2.45, 2.75) is 31.8 Å². The number of aliphatic imine (C=N–C) groups is 1. The second kappa shape index (κ2) is 7.56. The van der Waals surface area contributed by atoms with Crippen molar-refractivity contribution < 1.29 is 4.74 Å². The molecule has 0 aromatic carbocycles. The van der Waals surface area contributed by atoms with Gasteiger partial charge in [0.25, 0.3) is 0 Å². The lowest BCUT2D eigenvalue weighted by atomic mass is 10.2. The van der Waals surface area contributed by atoms with Gasteiger partial charge in [0.1, 0.15) is 0 Å². The van der Waals surface area contributed by atoms with Gasteiger partial charge in [-0.15, -0.1) is 0 Å². The number of hydrogen-bond donors (Lipinski definition) is 2. The lowest BCUT2D eigenvalue weighted by Gasteiger charge is -2.28. The normalized spacial score (nSPS) is 23.2. The maximum Gasteiger partial charge on any atom is 0.208 e. The summed E-state index contributed by atoms with van der Waals surface area (Å²) in [5.41, 5.74) is 2.68. The molecular weight excluding hydrogens is 230 g/mol. The third-order valence-corrected chi connectivity index (χ3v) is 3.40. The second-order valence-corrected chi connectivity index (χ2v) is 5.06. The molecule has 0 radical (unpaired) electrons. The van der Waals surface area contributed by atoms with Crippen LogP contribution in [0.2, 0.25) is 0 Å². The summed E-state index contributed by atoms with van der Waals surface area (Å²) in [6.45, 7) is 4.74. The molecule has 0 aromatic rings. The van der Waals surface area contributed by atoms with E-state index >= 15 is 0 Å². The van der Waals surface area contributed by atoms with Crippen LogP contribution in [0.5, 0.6) is 0 Å². The molecule has 6 heteroatoms. The molecule has 2 unspecified atom stereocenters. The molecule has 1 aliphatic rings. The van der Waals surface area contributed by atoms with Crippen LogP contribution in [0.4, 0.5) is 0 Å². The fourth-order valence-corrected chi connectivity index (χ4v) is 2.35. The van der Waals surface area contributed by atoms with Crippen molar-refractivity contribution in [1.29, 1.82) is 0 Å². The number of hydrogen-bond acceptors (Lipinski definition) is 4. The summed E-state index contributed by atoms with van der Waals surface area (Å²) in [6.07, 6.45) is 2.52. The fraction of sp³-hybridized carbons (Fsp3) is 0.917. The summed E-state index contributed by atoms with van der Waals surface area (Å²) in [4.78, 5) is 8.99. The van der Waals surface area contributed by atoms with E-state index in [-0.39, 0.29) is 6.04 Å². The van der Waals surface area contributed by atoms with Gasteiger partial charge in [-0.2, -0.15) is 0 Å². The second-order valence-electron chi connectivity index (χ2n) is 5.06. The van der Waals surface area contributed by atoms with E-state index in [1.807, 2.05) is 14.0 Å². The molecule has 2 atom stereocenters. The Morgan fingerprint density at radius 1 is 1.67 bits per heavy atom. The smallest absolute Gasteiger partial charge is 0.208 e. The number of nitrogens with zero attached hydrogens (tertiary/aromatic N) is 3. The third kappa shape index (κ3) is 4.44. The zero-order valence-electron chi connectivity index (χ0n) is 12.0. The van der Waals surface area contributed by atoms with Crippen LogP contribution in [-0.2, 0) is 4.74 Å². The predicted molar refractivity (Wildman–Crippen MR) is 74.4 cm³/mol. The molecule has 6 nitrogen and oxygen atoms in total. The molecule has 0 aliphatic carbocycles. The fourth-order valence-electron chi connectivity index (χ4n) is 2.35. The molecule has 0 aromatic heterocycles. The van der Waals surface area contributed by atoms with Crippen LogP contribution in [0.25, 0.3) is 0 Å². The number of nitrogens with one attached hydrogen (secondary N) is 1. The van der Waals surface area contributed by atoms with Crippen molar-refractivity contribution in [1.82, 2.24) is 15.2 Å². The Morgan fingerprint density at radius 2 is 2.39 bits per heavy atom. The first kappa shape index (κ1) is 15.2. The molecule has 18 heavy (non-hydrogen) atoms. The average Bonchev–Trinajstić information content (AvgIpc) is 2.72. The van der Waals surface area contributed by atoms with Crippen LogP contribution in [0.3, 0.4) is 0 Å². The molecule has 1 heterocycles. The van der Waals surface area contributed by atoms with Gasteiger partial charge in [-0.05, 0) is 33.4 Å². The maximum absolute atomic E-state index is 5.55. The van der Waals surface area contributed by atoms with Crippen molar-refractivity contribution in [3.63, 3.8) is 0 Å². The Hall–Kier alpha value is -0.850. The zero-order chi connectivity index (χ0) is 13.5. The molecule has 0 spiro atoms. The van der Waals surface area contributed by atoms with Gasteiger partial charge in [0.15, 0.2) is 0 Å². The highest BCUT2D eigenvalue weighted by Crippen LogP contribution is 2.15. The highest BCUT2D eigenvalue weighted by molar-refractivity contribution is 5.79. The largest absolute Gasteiger partial charge is 0.382 e. The van der Waals surface area contributed by atoms with Crippen molar-refractivity contribution in [3.05, 3.63) is 0 Å². The first-order valence-corrected chi connectivity index (χ1v) is 6.53. The average molecular weight is 257 g/mol. The van der Waals surface area contributed by atoms with Crippen LogP contribution in [-0.4, -0.2) is 68.7 Å². The Morgan fingerprint density at radius 3 is 2.89 bits per heavy atom. The van der Waals surface area contributed by atoms with E-state index in [9.17, 15) is 0 Å². The summed E-state index contributed by atoms with van der Waals surface area (Å²) in [5, 5.41) is 0. The Bertz CT molecular complexity index is 271. The molecule has 1 fully saturated rings. The van der Waals surface area contributed by atoms with E-state index in [4.69, 9.17) is 10.6 Å². The number of hydrazine groups is 1. The molecule has 3 N–H and O–H groups in total. The minimum atomic E-state index is 0.102. The number of nitrogens with two attached hydrogens (primary N) is 1. The highest BCUT2D eigenvalue weighted by atomic mass is 16.5. The van der Waals surface area contributed by atoms with Gasteiger partial charge >= 0.3 is 0 Å². The molecule has 0 bridgehead atoms. The molecule has 0 saturated carbocycles. The Labute approximate surface area is 110 Å². The van der Waals surface area contributed by atoms with Gasteiger partial charge < -0.3 is 14.5 Å². The molecular formula is C12H27N5O. The van der Waals surface area contributed by atoms with Crippen LogP contribution in [0.1, 0.15) is 19.8 Å². The number of likely N-dealkylation sites (N-methyl/N-ethyl adjacent to an activating group) is 2. The number of guanidine groups is 1. The topological polar surface area (TPSA) is 66.1 Å². The third-order valence-electron chi connectivity index (χ3n) is 3.40. The monoisotopic (exact) mass is 257 g/mol. The zero-order valence-corrected chi connectivity index (χ0v) is 12.0. The minimum absolute atomic E-state index is 0.102. The van der Waals surface area contributed by atoms with Gasteiger partial charge in [-0.1, -0.05) is 0 Å². The van der Waals surface area contributed by atoms with Crippen molar-refractivity contribution in [3.8, 4) is 0 Å². The van der Waals surface area contributed by atoms with E-state index in [0.29, 0.717) is 12.6 Å². The van der Waals surface area contributed by atoms with Crippen LogP contribution in [0.15, 0.2) is 4.99 Å². The number of likely N-dealkylation sites (tertiary alicyclic amines) is 1. The molecule has 0 amide bonds. The van der Waals surface area contributed by atoms with E-state index in [1.54, 1.807) is 7.11 Å². The van der Waals surface area contributed by atoms with Gasteiger partial charge in [-0.25, -0.2) is 10.8 Å². The summed E-state index contributed by atoms with van der Waals surface area (Å²) < 4.78 is 5.08. The standard InChI is InChI=1S/C12H27N5O/c1-10(9-18-4)14-12(15-13)17(3)8-11-6-5-7-16(11)2/h10-11H,5-9,13H2,1-4H3,(H,14,15). The summed E-state index contributed by atoms with van der Waals surface area (Å²) in [7, 11) is 5.87. The van der Waals surface area contributed by atoms with Gasteiger partial charge in [0, 0.05) is 26.7 Å². The molecule has 1 saturated heterocycles. The van der Waals surface area contributed by atoms with Crippen LogP contribution < -0.4 is 11.3 Å². The van der Waals surface area contributed by atoms with Crippen molar-refractivity contribution in [2.24, 2.45) is 10.8 Å². The summed E-state index contributed by atoms with van der Waals surface area (Å²) >= 11 is 0. The van der Waals surface area contributed by atoms with E-state index in [2.05, 4.69) is 27.3 Å². The minimum Gasteiger partial charge on any atom is -0.382 e. The van der Waals surface area contributed by atoms with Gasteiger partial charge in [0.2, 0.25) is 5.96 Å². The Kier molecular flexibility index (Phi) is 6.38. The first-order valence-electron chi connectivity index (χ1n) is 6.53. The Balaban J connectivity index is 2.53. The van der Waals surface area contributed by atoms with Crippen LogP contribution >= 0.6 is 0 Å². The maximum atomic E-state index is 5.55. The molecule has 106 valence electrons. The van der Waals surface area contributed by atoms with E-state index in [0.717, 1.165) is 12.5 Å². The highest BCUT2D eigenvalue weighted by Gasteiger charge is 2.23. The lowest BCUT2D eigenvalue weighted by molar-refractivity contribution is 0.185. The summed E-state index contributed by atoms with van der Waals surface area (Å²) in [5.74, 6) is 6.27. The van der Waals surface area contributed by atoms with E-state index in [1.165, 1.54) is 19.4 Å². The summed E-state index contributed by atoms with van der Waals surface area (Å²) in [6, 6.07) is 0.691. The van der Waals surface area contributed by atoms with Crippen molar-refractivity contribution in [2.75, 3.05) is 40.9 Å². The number of ether oxygens (including phenoxy) is 1.